The quantitative estimate of drug-likeness (QED) is 0.382. The third-order valence-corrected chi connectivity index (χ3v) is 5.15. The van der Waals surface area contributed by atoms with E-state index >= 15 is 0 Å². The zero-order chi connectivity index (χ0) is 25.5. The summed E-state index contributed by atoms with van der Waals surface area (Å²) >= 11 is 0. The molecule has 34 heavy (non-hydrogen) atoms. The van der Waals surface area contributed by atoms with Gasteiger partial charge in [0.15, 0.2) is 0 Å². The van der Waals surface area contributed by atoms with Crippen LogP contribution >= 0.6 is 0 Å². The fourth-order valence-corrected chi connectivity index (χ4v) is 3.49. The lowest BCUT2D eigenvalue weighted by Gasteiger charge is -2.18. The van der Waals surface area contributed by atoms with Gasteiger partial charge in [-0.25, -0.2) is 4.98 Å². The van der Waals surface area contributed by atoms with E-state index in [-0.39, 0.29) is 5.92 Å². The van der Waals surface area contributed by atoms with Gasteiger partial charge in [0.2, 0.25) is 0 Å². The molecule has 0 fully saturated rings. The first-order chi connectivity index (χ1) is 16.1. The third kappa shape index (κ3) is 6.83. The maximum Gasteiger partial charge on any atom is 0.416 e. The minimum atomic E-state index is -4.44. The average molecular weight is 474 g/mol. The van der Waals surface area contributed by atoms with Crippen LogP contribution in [0.25, 0.3) is 22.5 Å². The van der Waals surface area contributed by atoms with Gasteiger partial charge in [-0.3, -0.25) is 4.79 Å². The predicted octanol–water partition coefficient (Wildman–Crippen LogP) is 7.68. The summed E-state index contributed by atoms with van der Waals surface area (Å²) in [5, 5.41) is 9.83. The number of benzene rings is 2. The Balaban J connectivity index is 0.00000199. The number of methoxy groups -OCH3 is 1. The maximum atomic E-state index is 13.0. The van der Waals surface area contributed by atoms with Crippen molar-refractivity contribution in [1.82, 2.24) is 4.98 Å². The zero-order valence-corrected chi connectivity index (χ0v) is 20.0. The van der Waals surface area contributed by atoms with Gasteiger partial charge >= 0.3 is 12.1 Å². The number of nitrogens with zero attached hydrogens (tertiary/aromatic N) is 1. The molecule has 1 aromatic heterocycles. The number of aromatic nitrogens is 1. The van der Waals surface area contributed by atoms with Crippen LogP contribution in [-0.2, 0) is 11.0 Å². The number of rotatable bonds is 7. The van der Waals surface area contributed by atoms with Crippen LogP contribution in [0.15, 0.2) is 60.7 Å². The van der Waals surface area contributed by atoms with E-state index in [0.717, 1.165) is 17.7 Å². The average Bonchev–Trinajstić information content (AvgIpc) is 2.83. The van der Waals surface area contributed by atoms with E-state index < -0.39 is 23.6 Å². The van der Waals surface area contributed by atoms with Crippen molar-refractivity contribution < 1.29 is 27.8 Å². The molecule has 182 valence electrons. The van der Waals surface area contributed by atoms with Gasteiger partial charge in [-0.1, -0.05) is 39.8 Å². The summed E-state index contributed by atoms with van der Waals surface area (Å²) in [6, 6.07) is 15.2. The smallest absolute Gasteiger partial charge is 0.416 e. The molecule has 0 aliphatic rings. The highest BCUT2D eigenvalue weighted by Gasteiger charge is 2.30. The summed E-state index contributed by atoms with van der Waals surface area (Å²) in [6.45, 7) is 7.89. The first-order valence-electron chi connectivity index (χ1n) is 11.2. The fourth-order valence-electron chi connectivity index (χ4n) is 3.49. The second kappa shape index (κ2) is 11.7. The number of carboxylic acid groups (broad SMARTS) is 1. The van der Waals surface area contributed by atoms with Crippen LogP contribution in [-0.4, -0.2) is 23.2 Å². The molecule has 3 aromatic rings. The van der Waals surface area contributed by atoms with Crippen molar-refractivity contribution in [1.29, 1.82) is 0 Å². The first kappa shape index (κ1) is 26.9. The van der Waals surface area contributed by atoms with E-state index in [1.165, 1.54) is 12.1 Å². The van der Waals surface area contributed by atoms with Crippen molar-refractivity contribution in [2.24, 2.45) is 5.92 Å². The van der Waals surface area contributed by atoms with E-state index in [2.05, 4.69) is 4.98 Å². The van der Waals surface area contributed by atoms with Crippen LogP contribution in [0.4, 0.5) is 13.2 Å². The summed E-state index contributed by atoms with van der Waals surface area (Å²) in [7, 11) is 1.56. The minimum Gasteiger partial charge on any atom is -0.497 e. The van der Waals surface area contributed by atoms with Crippen LogP contribution in [0.2, 0.25) is 0 Å². The van der Waals surface area contributed by atoms with Crippen molar-refractivity contribution in [2.75, 3.05) is 7.11 Å². The van der Waals surface area contributed by atoms with E-state index in [1.807, 2.05) is 27.7 Å². The second-order valence-corrected chi connectivity index (χ2v) is 7.99. The number of hydrogen-bond acceptors (Lipinski definition) is 3. The predicted molar refractivity (Wildman–Crippen MR) is 128 cm³/mol. The molecule has 0 radical (unpaired) electrons. The molecule has 0 aliphatic carbocycles. The Bertz CT molecular complexity index is 1080. The first-order valence-corrected chi connectivity index (χ1v) is 11.2. The van der Waals surface area contributed by atoms with E-state index in [1.54, 1.807) is 43.5 Å². The Kier molecular flexibility index (Phi) is 9.24. The summed E-state index contributed by atoms with van der Waals surface area (Å²) in [5.74, 6) is -0.911. The minimum absolute atomic E-state index is 0.142. The van der Waals surface area contributed by atoms with Crippen LogP contribution < -0.4 is 4.74 Å². The van der Waals surface area contributed by atoms with Gasteiger partial charge in [0.25, 0.3) is 0 Å². The lowest BCUT2D eigenvalue weighted by molar-refractivity contribution is -0.139. The SMILES string of the molecule is CC.COc1ccc(-c2cc(C(CC(C)C)C(=O)O)cc(-c3ccc(C(F)(F)F)cc3)n2)cc1. The van der Waals surface area contributed by atoms with Crippen LogP contribution in [0.3, 0.4) is 0 Å². The Hall–Kier alpha value is -3.35. The molecule has 7 heteroatoms. The Morgan fingerprint density at radius 1 is 0.941 bits per heavy atom. The molecule has 1 N–H and O–H groups in total. The Morgan fingerprint density at radius 2 is 1.41 bits per heavy atom. The van der Waals surface area contributed by atoms with Gasteiger partial charge in [-0.2, -0.15) is 13.2 Å². The summed E-state index contributed by atoms with van der Waals surface area (Å²) in [4.78, 5) is 16.6. The number of ether oxygens (including phenoxy) is 1. The molecule has 0 aliphatic heterocycles. The van der Waals surface area contributed by atoms with Gasteiger partial charge in [-0.05, 0) is 66.4 Å². The van der Waals surface area contributed by atoms with Gasteiger partial charge < -0.3 is 9.84 Å². The second-order valence-electron chi connectivity index (χ2n) is 7.99. The number of pyridine rings is 1. The van der Waals surface area contributed by atoms with Gasteiger partial charge in [0.05, 0.1) is 30.0 Å². The van der Waals surface area contributed by atoms with Crippen LogP contribution in [0.5, 0.6) is 5.75 Å². The van der Waals surface area contributed by atoms with Gasteiger partial charge in [-0.15, -0.1) is 0 Å². The molecule has 1 heterocycles. The van der Waals surface area contributed by atoms with Gasteiger partial charge in [0.1, 0.15) is 5.75 Å². The van der Waals surface area contributed by atoms with E-state index in [4.69, 9.17) is 4.74 Å². The zero-order valence-electron chi connectivity index (χ0n) is 20.0. The molecule has 3 rings (SSSR count). The molecule has 0 saturated heterocycles. The molecule has 0 amide bonds. The molecule has 0 saturated carbocycles. The Labute approximate surface area is 198 Å². The van der Waals surface area contributed by atoms with Crippen molar-refractivity contribution in [3.8, 4) is 28.3 Å². The molecule has 0 spiro atoms. The highest BCUT2D eigenvalue weighted by molar-refractivity contribution is 5.78. The number of carboxylic acids is 1. The molecule has 1 atom stereocenters. The lowest BCUT2D eigenvalue weighted by atomic mass is 9.89. The number of halogens is 3. The highest BCUT2D eigenvalue weighted by atomic mass is 19.4. The molecule has 4 nitrogen and oxygen atoms in total. The number of alkyl halides is 3. The number of carbonyl (C=O) groups is 1. The van der Waals surface area contributed by atoms with Crippen molar-refractivity contribution in [3.05, 3.63) is 71.8 Å². The summed E-state index contributed by atoms with van der Waals surface area (Å²) in [5.41, 5.74) is 1.97. The van der Waals surface area contributed by atoms with E-state index in [0.29, 0.717) is 34.7 Å². The topological polar surface area (TPSA) is 59.4 Å². The summed E-state index contributed by atoms with van der Waals surface area (Å²) in [6.07, 6.45) is -4.01. The van der Waals surface area contributed by atoms with Crippen molar-refractivity contribution in [3.63, 3.8) is 0 Å². The molecule has 0 bridgehead atoms. The number of aliphatic carboxylic acids is 1. The van der Waals surface area contributed by atoms with Crippen molar-refractivity contribution >= 4 is 5.97 Å². The molecule has 2 aromatic carbocycles. The van der Waals surface area contributed by atoms with Gasteiger partial charge in [0, 0.05) is 11.1 Å². The summed E-state index contributed by atoms with van der Waals surface area (Å²) < 4.78 is 44.1. The van der Waals surface area contributed by atoms with Crippen LogP contribution in [0.1, 0.15) is 51.2 Å². The molecule has 1 unspecified atom stereocenters. The monoisotopic (exact) mass is 473 g/mol. The maximum absolute atomic E-state index is 13.0. The molecular formula is C27H30F3NO3. The Morgan fingerprint density at radius 3 is 1.79 bits per heavy atom. The largest absolute Gasteiger partial charge is 0.497 e. The lowest BCUT2D eigenvalue weighted by Crippen LogP contribution is -2.14. The van der Waals surface area contributed by atoms with Crippen molar-refractivity contribution in [2.45, 2.75) is 46.2 Å². The molecular weight excluding hydrogens is 443 g/mol. The standard InChI is InChI=1S/C25H24F3NO3.C2H6/c1-15(2)12-21(24(30)31)18-13-22(16-4-8-19(9-5-16)25(26,27)28)29-23(14-18)17-6-10-20(32-3)11-7-17;1-2/h4-11,13-15,21H,12H2,1-3H3,(H,30,31);1-2H3. The highest BCUT2D eigenvalue weighted by Crippen LogP contribution is 2.34. The number of hydrogen-bond donors (Lipinski definition) is 1. The third-order valence-electron chi connectivity index (χ3n) is 5.15. The van der Waals surface area contributed by atoms with Crippen LogP contribution in [0, 0.1) is 5.92 Å². The normalized spacial score (nSPS) is 12.0. The fraction of sp³-hybridized carbons (Fsp3) is 0.333. The van der Waals surface area contributed by atoms with E-state index in [9.17, 15) is 23.1 Å².